The Morgan fingerprint density at radius 2 is 1.88 bits per heavy atom. The van der Waals surface area contributed by atoms with Crippen molar-refractivity contribution in [3.8, 4) is 0 Å². The number of carbonyl (C=O) groups excluding carboxylic acids is 1. The SMILES string of the molecule is CCc1noc(CC)c1CNC(=NC)NCCCCCCC(=O)OC.I. The summed E-state index contributed by atoms with van der Waals surface area (Å²) in [5.41, 5.74) is 2.14. The molecule has 1 rings (SSSR count). The fraction of sp³-hybridized carbons (Fsp3) is 0.722. The van der Waals surface area contributed by atoms with Crippen molar-refractivity contribution in [1.29, 1.82) is 0 Å². The summed E-state index contributed by atoms with van der Waals surface area (Å²) < 4.78 is 10.0. The Kier molecular flexibility index (Phi) is 14.1. The van der Waals surface area contributed by atoms with Crippen LogP contribution in [0.5, 0.6) is 0 Å². The van der Waals surface area contributed by atoms with Gasteiger partial charge in [0.15, 0.2) is 5.96 Å². The highest BCUT2D eigenvalue weighted by atomic mass is 127. The molecule has 7 nitrogen and oxygen atoms in total. The lowest BCUT2D eigenvalue weighted by atomic mass is 10.1. The van der Waals surface area contributed by atoms with Crippen molar-refractivity contribution >= 4 is 35.9 Å². The highest BCUT2D eigenvalue weighted by Crippen LogP contribution is 2.15. The predicted molar refractivity (Wildman–Crippen MR) is 114 cm³/mol. The number of rotatable bonds is 11. The van der Waals surface area contributed by atoms with Crippen LogP contribution >= 0.6 is 24.0 Å². The van der Waals surface area contributed by atoms with E-state index in [-0.39, 0.29) is 29.9 Å². The number of aromatic nitrogens is 1. The Balaban J connectivity index is 0.00000625. The fourth-order valence-electron chi connectivity index (χ4n) is 2.59. The average molecular weight is 480 g/mol. The predicted octanol–water partition coefficient (Wildman–Crippen LogP) is 3.21. The Labute approximate surface area is 173 Å². The van der Waals surface area contributed by atoms with Crippen LogP contribution in [0.1, 0.15) is 63.0 Å². The first kappa shape index (κ1) is 24.7. The van der Waals surface area contributed by atoms with Gasteiger partial charge in [-0.2, -0.15) is 0 Å². The Morgan fingerprint density at radius 3 is 2.50 bits per heavy atom. The number of carbonyl (C=O) groups is 1. The van der Waals surface area contributed by atoms with Gasteiger partial charge in [-0.25, -0.2) is 0 Å². The van der Waals surface area contributed by atoms with E-state index in [0.717, 1.165) is 68.0 Å². The first-order valence-corrected chi connectivity index (χ1v) is 9.13. The van der Waals surface area contributed by atoms with Gasteiger partial charge in [0.05, 0.1) is 12.8 Å². The van der Waals surface area contributed by atoms with E-state index in [1.807, 2.05) is 0 Å². The van der Waals surface area contributed by atoms with Crippen LogP contribution in [0, 0.1) is 0 Å². The molecule has 1 aromatic heterocycles. The summed E-state index contributed by atoms with van der Waals surface area (Å²) in [5.74, 6) is 1.58. The average Bonchev–Trinajstić information content (AvgIpc) is 3.04. The number of methoxy groups -OCH3 is 1. The van der Waals surface area contributed by atoms with E-state index in [2.05, 4.69) is 39.4 Å². The van der Waals surface area contributed by atoms with Crippen molar-refractivity contribution in [3.05, 3.63) is 17.0 Å². The number of ether oxygens (including phenoxy) is 1. The zero-order valence-electron chi connectivity index (χ0n) is 16.4. The Morgan fingerprint density at radius 1 is 1.15 bits per heavy atom. The van der Waals surface area contributed by atoms with Crippen molar-refractivity contribution in [2.75, 3.05) is 20.7 Å². The molecule has 0 saturated heterocycles. The van der Waals surface area contributed by atoms with Gasteiger partial charge >= 0.3 is 5.97 Å². The molecule has 150 valence electrons. The summed E-state index contributed by atoms with van der Waals surface area (Å²) in [6.07, 6.45) is 6.23. The van der Waals surface area contributed by atoms with Gasteiger partial charge in [0.25, 0.3) is 0 Å². The van der Waals surface area contributed by atoms with Crippen LogP contribution in [-0.2, 0) is 28.9 Å². The number of halogens is 1. The number of nitrogens with zero attached hydrogens (tertiary/aromatic N) is 2. The van der Waals surface area contributed by atoms with Gasteiger partial charge in [-0.15, -0.1) is 24.0 Å². The number of esters is 1. The zero-order chi connectivity index (χ0) is 18.5. The lowest BCUT2D eigenvalue weighted by Gasteiger charge is -2.12. The second-order valence-electron chi connectivity index (χ2n) is 5.83. The maximum Gasteiger partial charge on any atom is 0.305 e. The molecule has 0 saturated carbocycles. The smallest absolute Gasteiger partial charge is 0.305 e. The normalized spacial score (nSPS) is 11.0. The molecule has 8 heteroatoms. The molecule has 0 amide bonds. The van der Waals surface area contributed by atoms with E-state index < -0.39 is 0 Å². The highest BCUT2D eigenvalue weighted by molar-refractivity contribution is 14.0. The molecule has 2 N–H and O–H groups in total. The van der Waals surface area contributed by atoms with Gasteiger partial charge in [-0.05, 0) is 19.3 Å². The summed E-state index contributed by atoms with van der Waals surface area (Å²) in [4.78, 5) is 15.3. The highest BCUT2D eigenvalue weighted by Gasteiger charge is 2.13. The van der Waals surface area contributed by atoms with E-state index >= 15 is 0 Å². The van der Waals surface area contributed by atoms with E-state index in [4.69, 9.17) is 4.52 Å². The van der Waals surface area contributed by atoms with Crippen LogP contribution in [0.15, 0.2) is 9.52 Å². The van der Waals surface area contributed by atoms with Crippen LogP contribution in [0.2, 0.25) is 0 Å². The molecule has 1 aromatic rings. The molecule has 0 bridgehead atoms. The molecule has 1 heterocycles. The van der Waals surface area contributed by atoms with Crippen LogP contribution in [0.3, 0.4) is 0 Å². The molecule has 0 unspecified atom stereocenters. The molecule has 0 aliphatic heterocycles. The van der Waals surface area contributed by atoms with E-state index in [1.165, 1.54) is 7.11 Å². The van der Waals surface area contributed by atoms with Crippen molar-refractivity contribution in [2.45, 2.75) is 65.3 Å². The first-order chi connectivity index (χ1) is 12.2. The number of unbranched alkanes of at least 4 members (excludes halogenated alkanes) is 3. The molecule has 0 aliphatic rings. The van der Waals surface area contributed by atoms with Gasteiger partial charge in [-0.3, -0.25) is 9.79 Å². The molecule has 0 aliphatic carbocycles. The lowest BCUT2D eigenvalue weighted by Crippen LogP contribution is -2.37. The van der Waals surface area contributed by atoms with Gasteiger partial charge in [0.2, 0.25) is 0 Å². The number of hydrogen-bond donors (Lipinski definition) is 2. The summed E-state index contributed by atoms with van der Waals surface area (Å²) in [7, 11) is 3.19. The largest absolute Gasteiger partial charge is 0.469 e. The second kappa shape index (κ2) is 14.8. The minimum atomic E-state index is -0.130. The van der Waals surface area contributed by atoms with Crippen LogP contribution in [0.25, 0.3) is 0 Å². The second-order valence-corrected chi connectivity index (χ2v) is 5.83. The van der Waals surface area contributed by atoms with Crippen molar-refractivity contribution in [1.82, 2.24) is 15.8 Å². The standard InChI is InChI=1S/C18H32N4O3.HI/c1-5-15-14(16(6-2)25-22-15)13-21-18(19-3)20-12-10-8-7-9-11-17(23)24-4;/h5-13H2,1-4H3,(H2,19,20,21);1H. The summed E-state index contributed by atoms with van der Waals surface area (Å²) in [5, 5.41) is 10.8. The zero-order valence-corrected chi connectivity index (χ0v) is 18.7. The van der Waals surface area contributed by atoms with Crippen molar-refractivity contribution < 1.29 is 14.1 Å². The third-order valence-corrected chi connectivity index (χ3v) is 4.09. The molecule has 0 spiro atoms. The van der Waals surface area contributed by atoms with E-state index in [9.17, 15) is 4.79 Å². The third kappa shape index (κ3) is 8.86. The number of aryl methyl sites for hydroxylation is 2. The molecule has 0 radical (unpaired) electrons. The Hall–Kier alpha value is -1.32. The molecule has 0 fully saturated rings. The monoisotopic (exact) mass is 480 g/mol. The van der Waals surface area contributed by atoms with Crippen molar-refractivity contribution in [2.24, 2.45) is 4.99 Å². The van der Waals surface area contributed by atoms with Gasteiger partial charge in [-0.1, -0.05) is 31.8 Å². The maximum atomic E-state index is 11.0. The number of guanidine groups is 1. The van der Waals surface area contributed by atoms with Crippen LogP contribution in [-0.4, -0.2) is 37.8 Å². The minimum Gasteiger partial charge on any atom is -0.469 e. The molecular formula is C18H33IN4O3. The quantitative estimate of drug-likeness (QED) is 0.166. The van der Waals surface area contributed by atoms with E-state index in [1.54, 1.807) is 7.05 Å². The van der Waals surface area contributed by atoms with E-state index in [0.29, 0.717) is 13.0 Å². The van der Waals surface area contributed by atoms with Gasteiger partial charge in [0.1, 0.15) is 5.76 Å². The molecular weight excluding hydrogens is 447 g/mol. The van der Waals surface area contributed by atoms with Gasteiger partial charge < -0.3 is 19.9 Å². The number of nitrogens with one attached hydrogen (secondary N) is 2. The summed E-state index contributed by atoms with van der Waals surface area (Å²) in [6, 6.07) is 0. The number of aliphatic imine (C=N–C) groups is 1. The van der Waals surface area contributed by atoms with Gasteiger partial charge in [0, 0.05) is 38.5 Å². The lowest BCUT2D eigenvalue weighted by molar-refractivity contribution is -0.140. The van der Waals surface area contributed by atoms with Crippen LogP contribution < -0.4 is 10.6 Å². The topological polar surface area (TPSA) is 88.8 Å². The summed E-state index contributed by atoms with van der Waals surface area (Å²) in [6.45, 7) is 5.66. The van der Waals surface area contributed by atoms with Crippen LogP contribution in [0.4, 0.5) is 0 Å². The molecule has 26 heavy (non-hydrogen) atoms. The molecule has 0 atom stereocenters. The first-order valence-electron chi connectivity index (χ1n) is 9.13. The maximum absolute atomic E-state index is 11.0. The number of hydrogen-bond acceptors (Lipinski definition) is 5. The third-order valence-electron chi connectivity index (χ3n) is 4.09. The molecule has 0 aromatic carbocycles. The van der Waals surface area contributed by atoms with Crippen molar-refractivity contribution in [3.63, 3.8) is 0 Å². The Bertz CT molecular complexity index is 525. The summed E-state index contributed by atoms with van der Waals surface area (Å²) >= 11 is 0. The fourth-order valence-corrected chi connectivity index (χ4v) is 2.59. The minimum absolute atomic E-state index is 0.